The lowest BCUT2D eigenvalue weighted by Crippen LogP contribution is -2.23. The van der Waals surface area contributed by atoms with Crippen LogP contribution in [0.3, 0.4) is 0 Å². The molecule has 0 spiro atoms. The van der Waals surface area contributed by atoms with E-state index in [9.17, 15) is 18.4 Å². The van der Waals surface area contributed by atoms with Gasteiger partial charge in [0.05, 0.1) is 22.5 Å². The fourth-order valence-electron chi connectivity index (χ4n) is 3.07. The molecule has 0 aromatic carbocycles. The Kier molecular flexibility index (Phi) is 3.12. The Morgan fingerprint density at radius 1 is 1.38 bits per heavy atom. The van der Waals surface area contributed by atoms with E-state index in [0.717, 1.165) is 0 Å². The van der Waals surface area contributed by atoms with E-state index >= 15 is 0 Å². The van der Waals surface area contributed by atoms with Crippen molar-refractivity contribution in [1.82, 2.24) is 24.6 Å². The van der Waals surface area contributed by atoms with E-state index in [4.69, 9.17) is 0 Å². The van der Waals surface area contributed by atoms with Crippen molar-refractivity contribution in [2.75, 3.05) is 0 Å². The maximum Gasteiger partial charge on any atom is 0.325 e. The highest BCUT2D eigenvalue weighted by Gasteiger charge is 2.46. The minimum atomic E-state index is -2.38. The van der Waals surface area contributed by atoms with Crippen LogP contribution in [0.1, 0.15) is 23.6 Å². The van der Waals surface area contributed by atoms with E-state index in [1.54, 1.807) is 13.0 Å². The molecule has 9 heteroatoms. The Bertz CT molecular complexity index is 1050. The lowest BCUT2D eigenvalue weighted by atomic mass is 10.1. The van der Waals surface area contributed by atoms with Crippen LogP contribution in [0, 0.1) is 12.8 Å². The summed E-state index contributed by atoms with van der Waals surface area (Å²) in [5, 5.41) is 4.32. The molecule has 2 atom stereocenters. The van der Waals surface area contributed by atoms with Gasteiger partial charge in [-0.05, 0) is 30.9 Å². The average molecular weight is 333 g/mol. The first kappa shape index (κ1) is 14.7. The van der Waals surface area contributed by atoms with E-state index in [1.807, 2.05) is 0 Å². The average Bonchev–Trinajstić information content (AvgIpc) is 3.25. The van der Waals surface area contributed by atoms with Crippen molar-refractivity contribution in [3.05, 3.63) is 50.7 Å². The first-order valence-corrected chi connectivity index (χ1v) is 7.41. The molecular formula is C15H13F2N5O2. The van der Waals surface area contributed by atoms with E-state index in [1.165, 1.54) is 17.0 Å². The molecule has 3 heterocycles. The number of hydrogen-bond acceptors (Lipinski definition) is 4. The summed E-state index contributed by atoms with van der Waals surface area (Å²) in [6.45, 7) is 1.78. The molecule has 1 saturated carbocycles. The molecule has 4 rings (SSSR count). The van der Waals surface area contributed by atoms with Gasteiger partial charge in [0.1, 0.15) is 6.33 Å². The highest BCUT2D eigenvalue weighted by Crippen LogP contribution is 2.52. The number of rotatable bonds is 3. The minimum Gasteiger partial charge on any atom is -0.313 e. The smallest absolute Gasteiger partial charge is 0.313 e. The third kappa shape index (κ3) is 2.24. The van der Waals surface area contributed by atoms with Crippen molar-refractivity contribution >= 4 is 5.52 Å². The van der Waals surface area contributed by atoms with E-state index in [-0.39, 0.29) is 11.5 Å². The Morgan fingerprint density at radius 2 is 2.17 bits per heavy atom. The van der Waals surface area contributed by atoms with Gasteiger partial charge in [0.2, 0.25) is 6.43 Å². The van der Waals surface area contributed by atoms with Gasteiger partial charge < -0.3 is 4.98 Å². The fraction of sp³-hybridized carbons (Fsp3) is 0.333. The highest BCUT2D eigenvalue weighted by atomic mass is 19.3. The number of halogens is 2. The van der Waals surface area contributed by atoms with E-state index in [2.05, 4.69) is 20.1 Å². The van der Waals surface area contributed by atoms with Crippen LogP contribution in [0.5, 0.6) is 0 Å². The largest absolute Gasteiger partial charge is 0.325 e. The lowest BCUT2D eigenvalue weighted by molar-refractivity contribution is 0.120. The minimum absolute atomic E-state index is 0.165. The zero-order valence-corrected chi connectivity index (χ0v) is 12.6. The molecule has 1 aliphatic rings. The lowest BCUT2D eigenvalue weighted by Gasteiger charge is -2.08. The van der Waals surface area contributed by atoms with Crippen molar-refractivity contribution in [1.29, 1.82) is 0 Å². The molecule has 24 heavy (non-hydrogen) atoms. The van der Waals surface area contributed by atoms with Gasteiger partial charge in [-0.3, -0.25) is 9.78 Å². The molecule has 0 bridgehead atoms. The van der Waals surface area contributed by atoms with Crippen LogP contribution < -0.4 is 11.2 Å². The van der Waals surface area contributed by atoms with Crippen LogP contribution in [-0.2, 0) is 0 Å². The molecule has 2 N–H and O–H groups in total. The molecule has 0 saturated heterocycles. The molecule has 7 nitrogen and oxygen atoms in total. The van der Waals surface area contributed by atoms with Crippen LogP contribution in [0.2, 0.25) is 0 Å². The number of aromatic amines is 2. The van der Waals surface area contributed by atoms with Gasteiger partial charge in [0.25, 0.3) is 5.56 Å². The van der Waals surface area contributed by atoms with E-state index < -0.39 is 23.6 Å². The standard InChI is InChI=1S/C15H13F2N5O2/c1-6-12-8(7-2-9(7)13(16)17)3-11(21-22(12)5-19-6)10-4-18-15(24)20-14(10)23/h3-5,7,9,13H,2H2,1H3,(H2,18,20,23,24)/t7-,9+/m1/s1. The summed E-state index contributed by atoms with van der Waals surface area (Å²) in [6.07, 6.45) is 0.757. The Hall–Kier alpha value is -2.84. The molecule has 124 valence electrons. The number of fused-ring (bicyclic) bond motifs is 1. The molecule has 0 radical (unpaired) electrons. The maximum atomic E-state index is 13.0. The van der Waals surface area contributed by atoms with Crippen molar-refractivity contribution in [3.8, 4) is 11.3 Å². The van der Waals surface area contributed by atoms with Gasteiger partial charge in [-0.25, -0.2) is 23.1 Å². The molecule has 3 aromatic rings. The molecule has 0 unspecified atom stereocenters. The summed E-state index contributed by atoms with van der Waals surface area (Å²) in [4.78, 5) is 31.8. The summed E-state index contributed by atoms with van der Waals surface area (Å²) in [5.74, 6) is -0.973. The zero-order valence-electron chi connectivity index (χ0n) is 12.6. The van der Waals surface area contributed by atoms with Gasteiger partial charge >= 0.3 is 5.69 Å². The van der Waals surface area contributed by atoms with Gasteiger partial charge in [-0.1, -0.05) is 0 Å². The first-order valence-electron chi connectivity index (χ1n) is 7.41. The molecule has 0 amide bonds. The second-order valence-electron chi connectivity index (χ2n) is 5.93. The Labute approximate surface area is 133 Å². The maximum absolute atomic E-state index is 13.0. The quantitative estimate of drug-likeness (QED) is 0.758. The van der Waals surface area contributed by atoms with Crippen molar-refractivity contribution in [2.45, 2.75) is 25.7 Å². The summed E-state index contributed by atoms with van der Waals surface area (Å²) >= 11 is 0. The number of alkyl halides is 2. The Balaban J connectivity index is 1.92. The Morgan fingerprint density at radius 3 is 2.83 bits per heavy atom. The number of aromatic nitrogens is 5. The second kappa shape index (κ2) is 5.08. The summed E-state index contributed by atoms with van der Waals surface area (Å²) in [7, 11) is 0. The molecule has 0 aliphatic heterocycles. The fourth-order valence-corrected chi connectivity index (χ4v) is 3.07. The van der Waals surface area contributed by atoms with Gasteiger partial charge in [0, 0.05) is 12.1 Å². The van der Waals surface area contributed by atoms with Crippen LogP contribution in [0.4, 0.5) is 8.78 Å². The second-order valence-corrected chi connectivity index (χ2v) is 5.93. The summed E-state index contributed by atoms with van der Waals surface area (Å²) < 4.78 is 27.5. The third-order valence-corrected chi connectivity index (χ3v) is 4.37. The molecule has 1 aliphatic carbocycles. The number of aryl methyl sites for hydroxylation is 1. The SMILES string of the molecule is Cc1ncn2nc(-c3c[nH]c(=O)[nH]c3=O)cc([C@H]3C[C@@H]3C(F)F)c12. The van der Waals surface area contributed by atoms with Crippen LogP contribution >= 0.6 is 0 Å². The van der Waals surface area contributed by atoms with Gasteiger partial charge in [0.15, 0.2) is 0 Å². The predicted molar refractivity (Wildman–Crippen MR) is 81.3 cm³/mol. The van der Waals surface area contributed by atoms with Crippen LogP contribution in [0.25, 0.3) is 16.8 Å². The van der Waals surface area contributed by atoms with Crippen molar-refractivity contribution < 1.29 is 8.78 Å². The van der Waals surface area contributed by atoms with Gasteiger partial charge in [-0.2, -0.15) is 5.10 Å². The topological polar surface area (TPSA) is 95.9 Å². The monoisotopic (exact) mass is 333 g/mol. The first-order chi connectivity index (χ1) is 11.5. The zero-order chi connectivity index (χ0) is 17.0. The third-order valence-electron chi connectivity index (χ3n) is 4.37. The van der Waals surface area contributed by atoms with E-state index in [0.29, 0.717) is 28.9 Å². The summed E-state index contributed by atoms with van der Waals surface area (Å²) in [5.41, 5.74) is 1.33. The summed E-state index contributed by atoms with van der Waals surface area (Å²) in [6, 6.07) is 1.64. The molecule has 3 aromatic heterocycles. The number of H-pyrrole nitrogens is 2. The highest BCUT2D eigenvalue weighted by molar-refractivity contribution is 5.67. The van der Waals surface area contributed by atoms with Gasteiger partial charge in [-0.15, -0.1) is 0 Å². The molecule has 1 fully saturated rings. The van der Waals surface area contributed by atoms with Crippen LogP contribution in [0.15, 0.2) is 28.2 Å². The molecular weight excluding hydrogens is 320 g/mol. The van der Waals surface area contributed by atoms with Crippen LogP contribution in [-0.4, -0.2) is 31.0 Å². The number of hydrogen-bond donors (Lipinski definition) is 2. The normalized spacial score (nSPS) is 20.0. The van der Waals surface area contributed by atoms with Crippen molar-refractivity contribution in [3.63, 3.8) is 0 Å². The van der Waals surface area contributed by atoms with Crippen molar-refractivity contribution in [2.24, 2.45) is 5.92 Å². The number of nitrogens with zero attached hydrogens (tertiary/aromatic N) is 3. The number of nitrogens with one attached hydrogen (secondary N) is 2. The predicted octanol–water partition coefficient (Wildman–Crippen LogP) is 1.45. The number of imidazole rings is 1.